The molecule has 1 unspecified atom stereocenters. The molecule has 0 amide bonds. The van der Waals surface area contributed by atoms with E-state index in [1.54, 1.807) is 0 Å². The lowest BCUT2D eigenvalue weighted by Gasteiger charge is -2.21. The smallest absolute Gasteiger partial charge is 0.306 e. The molecule has 0 saturated carbocycles. The zero-order valence-electron chi connectivity index (χ0n) is 11.2. The third kappa shape index (κ3) is 8.72. The van der Waals surface area contributed by atoms with Crippen molar-refractivity contribution in [1.29, 1.82) is 0 Å². The summed E-state index contributed by atoms with van der Waals surface area (Å²) in [5.41, 5.74) is 5.08. The molecular weight excluding hydrogens is 202 g/mol. The third-order valence-corrected chi connectivity index (χ3v) is 2.52. The summed E-state index contributed by atoms with van der Waals surface area (Å²) in [6, 6.07) is 0. The fourth-order valence-corrected chi connectivity index (χ4v) is 1.65. The Labute approximate surface area is 99.7 Å². The molecule has 0 radical (unpaired) electrons. The maximum absolute atomic E-state index is 11.6. The van der Waals surface area contributed by atoms with Crippen molar-refractivity contribution in [3.05, 3.63) is 0 Å². The third-order valence-electron chi connectivity index (χ3n) is 2.52. The molecule has 0 aromatic rings. The summed E-state index contributed by atoms with van der Waals surface area (Å²) < 4.78 is 5.31. The molecule has 16 heavy (non-hydrogen) atoms. The zero-order chi connectivity index (χ0) is 12.6. The molecule has 0 fully saturated rings. The summed E-state index contributed by atoms with van der Waals surface area (Å²) >= 11 is 0. The largest absolute Gasteiger partial charge is 0.460 e. The number of rotatable bonds is 7. The minimum absolute atomic E-state index is 0.0768. The van der Waals surface area contributed by atoms with Crippen LogP contribution in [0.1, 0.15) is 59.8 Å². The van der Waals surface area contributed by atoms with E-state index < -0.39 is 0 Å². The van der Waals surface area contributed by atoms with Gasteiger partial charge in [0.05, 0.1) is 0 Å². The predicted molar refractivity (Wildman–Crippen MR) is 67.1 cm³/mol. The Balaban J connectivity index is 3.88. The highest BCUT2D eigenvalue weighted by Gasteiger charge is 2.19. The summed E-state index contributed by atoms with van der Waals surface area (Å²) in [7, 11) is 0. The molecule has 3 heteroatoms. The monoisotopic (exact) mass is 229 g/mol. The van der Waals surface area contributed by atoms with Gasteiger partial charge in [-0.2, -0.15) is 0 Å². The zero-order valence-corrected chi connectivity index (χ0v) is 11.2. The number of unbranched alkanes of at least 4 members (excludes halogenated alkanes) is 1. The van der Waals surface area contributed by atoms with Crippen LogP contribution in [0.5, 0.6) is 0 Å². The maximum atomic E-state index is 11.6. The summed E-state index contributed by atoms with van der Waals surface area (Å²) in [6.07, 6.45) is 4.80. The molecule has 3 nitrogen and oxygen atoms in total. The molecule has 0 aromatic carbocycles. The van der Waals surface area contributed by atoms with Crippen LogP contribution in [-0.2, 0) is 9.53 Å². The van der Waals surface area contributed by atoms with Gasteiger partial charge in [-0.15, -0.1) is 0 Å². The lowest BCUT2D eigenvalue weighted by Crippen LogP contribution is -2.25. The van der Waals surface area contributed by atoms with Gasteiger partial charge < -0.3 is 10.5 Å². The van der Waals surface area contributed by atoms with E-state index in [9.17, 15) is 4.79 Å². The van der Waals surface area contributed by atoms with E-state index in [-0.39, 0.29) is 11.6 Å². The highest BCUT2D eigenvalue weighted by molar-refractivity contribution is 5.70. The Hall–Kier alpha value is -0.570. The van der Waals surface area contributed by atoms with Gasteiger partial charge in [-0.1, -0.05) is 19.8 Å². The van der Waals surface area contributed by atoms with Crippen molar-refractivity contribution in [3.8, 4) is 0 Å². The average Bonchev–Trinajstić information content (AvgIpc) is 2.13. The highest BCUT2D eigenvalue weighted by atomic mass is 16.6. The Morgan fingerprint density at radius 3 is 2.38 bits per heavy atom. The lowest BCUT2D eigenvalue weighted by molar-refractivity contribution is -0.156. The summed E-state index contributed by atoms with van der Waals surface area (Å²) in [5.74, 6) is 0.369. The number of carbonyl (C=O) groups excluding carboxylic acids is 1. The molecule has 0 bridgehead atoms. The van der Waals surface area contributed by atoms with Gasteiger partial charge >= 0.3 is 5.97 Å². The van der Waals surface area contributed by atoms with Crippen LogP contribution in [0.3, 0.4) is 0 Å². The molecule has 0 saturated heterocycles. The fourth-order valence-electron chi connectivity index (χ4n) is 1.65. The summed E-state index contributed by atoms with van der Waals surface area (Å²) in [5, 5.41) is 0. The van der Waals surface area contributed by atoms with E-state index in [0.717, 1.165) is 32.2 Å². The van der Waals surface area contributed by atoms with Crippen LogP contribution >= 0.6 is 0 Å². The predicted octanol–water partition coefficient (Wildman–Crippen LogP) is 2.87. The quantitative estimate of drug-likeness (QED) is 0.539. The molecule has 0 aromatic heterocycles. The molecule has 96 valence electrons. The van der Waals surface area contributed by atoms with E-state index in [4.69, 9.17) is 10.5 Å². The molecule has 0 aliphatic heterocycles. The van der Waals surface area contributed by atoms with Crippen molar-refractivity contribution in [1.82, 2.24) is 0 Å². The second-order valence-electron chi connectivity index (χ2n) is 5.35. The molecule has 0 aliphatic carbocycles. The van der Waals surface area contributed by atoms with Crippen LogP contribution in [0.2, 0.25) is 0 Å². The van der Waals surface area contributed by atoms with Gasteiger partial charge in [0.2, 0.25) is 0 Å². The van der Waals surface area contributed by atoms with Crippen molar-refractivity contribution in [3.63, 3.8) is 0 Å². The van der Waals surface area contributed by atoms with Crippen LogP contribution < -0.4 is 5.73 Å². The number of hydrogen-bond donors (Lipinski definition) is 1. The number of nitrogens with two attached hydrogens (primary N) is 1. The molecule has 0 spiro atoms. The topological polar surface area (TPSA) is 52.3 Å². The molecule has 0 heterocycles. The van der Waals surface area contributed by atoms with Gasteiger partial charge in [0.25, 0.3) is 0 Å². The van der Waals surface area contributed by atoms with Crippen LogP contribution in [0, 0.1) is 5.92 Å². The number of hydrogen-bond acceptors (Lipinski definition) is 3. The Morgan fingerprint density at radius 1 is 1.31 bits per heavy atom. The Bertz CT molecular complexity index is 197. The van der Waals surface area contributed by atoms with Gasteiger partial charge in [0, 0.05) is 6.42 Å². The van der Waals surface area contributed by atoms with Gasteiger partial charge in [-0.05, 0) is 46.1 Å². The first-order valence-corrected chi connectivity index (χ1v) is 6.31. The van der Waals surface area contributed by atoms with E-state index in [2.05, 4.69) is 6.92 Å². The first-order valence-electron chi connectivity index (χ1n) is 6.31. The van der Waals surface area contributed by atoms with E-state index >= 15 is 0 Å². The summed E-state index contributed by atoms with van der Waals surface area (Å²) in [6.45, 7) is 8.57. The van der Waals surface area contributed by atoms with Crippen LogP contribution in [0.15, 0.2) is 0 Å². The van der Waals surface area contributed by atoms with E-state index in [1.165, 1.54) is 0 Å². The lowest BCUT2D eigenvalue weighted by atomic mass is 9.95. The van der Waals surface area contributed by atoms with Crippen LogP contribution in [-0.4, -0.2) is 18.1 Å². The van der Waals surface area contributed by atoms with Crippen molar-refractivity contribution in [2.24, 2.45) is 11.7 Å². The van der Waals surface area contributed by atoms with Crippen molar-refractivity contribution in [2.75, 3.05) is 6.54 Å². The standard InChI is InChI=1S/C13H27NO2/c1-5-11(8-6-7-9-14)10-12(15)16-13(2,3)4/h11H,5-10,14H2,1-4H3. The van der Waals surface area contributed by atoms with Gasteiger partial charge in [0.15, 0.2) is 0 Å². The van der Waals surface area contributed by atoms with Gasteiger partial charge in [-0.25, -0.2) is 0 Å². The molecule has 1 atom stereocenters. The minimum atomic E-state index is -0.368. The first kappa shape index (κ1) is 15.4. The van der Waals surface area contributed by atoms with Crippen molar-refractivity contribution < 1.29 is 9.53 Å². The second-order valence-corrected chi connectivity index (χ2v) is 5.35. The SMILES string of the molecule is CCC(CCCCN)CC(=O)OC(C)(C)C. The molecular formula is C13H27NO2. The molecule has 0 rings (SSSR count). The summed E-state index contributed by atoms with van der Waals surface area (Å²) in [4.78, 5) is 11.6. The number of carbonyl (C=O) groups is 1. The Kier molecular flexibility index (Phi) is 7.39. The van der Waals surface area contributed by atoms with Gasteiger partial charge in [-0.3, -0.25) is 4.79 Å². The average molecular weight is 229 g/mol. The Morgan fingerprint density at radius 2 is 1.94 bits per heavy atom. The normalized spacial score (nSPS) is 13.6. The number of esters is 1. The van der Waals surface area contributed by atoms with Crippen molar-refractivity contribution in [2.45, 2.75) is 65.4 Å². The highest BCUT2D eigenvalue weighted by Crippen LogP contribution is 2.19. The van der Waals surface area contributed by atoms with E-state index in [1.807, 2.05) is 20.8 Å². The van der Waals surface area contributed by atoms with E-state index in [0.29, 0.717) is 12.3 Å². The first-order chi connectivity index (χ1) is 7.39. The van der Waals surface area contributed by atoms with Crippen LogP contribution in [0.25, 0.3) is 0 Å². The second kappa shape index (κ2) is 7.66. The number of ether oxygens (including phenoxy) is 1. The fraction of sp³-hybridized carbons (Fsp3) is 0.923. The van der Waals surface area contributed by atoms with Gasteiger partial charge in [0.1, 0.15) is 5.60 Å². The molecule has 0 aliphatic rings. The minimum Gasteiger partial charge on any atom is -0.460 e. The maximum Gasteiger partial charge on any atom is 0.306 e. The van der Waals surface area contributed by atoms with Crippen LogP contribution in [0.4, 0.5) is 0 Å². The van der Waals surface area contributed by atoms with Crippen molar-refractivity contribution >= 4 is 5.97 Å². The molecule has 2 N–H and O–H groups in total.